The quantitative estimate of drug-likeness (QED) is 0.658. The number of anilines is 3. The van der Waals surface area contributed by atoms with Gasteiger partial charge in [0.25, 0.3) is 0 Å². The summed E-state index contributed by atoms with van der Waals surface area (Å²) in [6.07, 6.45) is 9.21. The van der Waals surface area contributed by atoms with Crippen LogP contribution < -0.4 is 10.2 Å². The minimum absolute atomic E-state index is 0.0158. The molecule has 1 aliphatic heterocycles. The van der Waals surface area contributed by atoms with E-state index in [0.717, 1.165) is 59.6 Å². The van der Waals surface area contributed by atoms with Crippen molar-refractivity contribution in [1.82, 2.24) is 9.97 Å². The summed E-state index contributed by atoms with van der Waals surface area (Å²) in [5.74, 6) is 1.00. The first kappa shape index (κ1) is 19.7. The van der Waals surface area contributed by atoms with E-state index < -0.39 is 0 Å². The van der Waals surface area contributed by atoms with E-state index in [9.17, 15) is 4.79 Å². The lowest BCUT2D eigenvalue weighted by molar-refractivity contribution is -0.124. The Labute approximate surface area is 182 Å². The Morgan fingerprint density at radius 3 is 2.61 bits per heavy atom. The standard InChI is InChI=1S/C25H26N4O2/c1-31-21-7-4-18(5-8-21)25(30)29-16-20-3-2-12-27-24(20)28-22-9-6-19(15-23(22)29)17-10-13-26-14-11-17/h2-3,6,9-15,18,21H,4-5,7-8,16H2,1H3,(H,27,28). The van der Waals surface area contributed by atoms with Crippen molar-refractivity contribution in [2.75, 3.05) is 17.3 Å². The van der Waals surface area contributed by atoms with Gasteiger partial charge in [0.05, 0.1) is 24.0 Å². The summed E-state index contributed by atoms with van der Waals surface area (Å²) in [5, 5.41) is 3.45. The van der Waals surface area contributed by atoms with Gasteiger partial charge in [-0.3, -0.25) is 9.78 Å². The first-order valence-corrected chi connectivity index (χ1v) is 10.8. The number of hydrogen-bond donors (Lipinski definition) is 1. The molecule has 0 saturated heterocycles. The fraction of sp³-hybridized carbons (Fsp3) is 0.320. The van der Waals surface area contributed by atoms with Crippen molar-refractivity contribution < 1.29 is 9.53 Å². The zero-order valence-corrected chi connectivity index (χ0v) is 17.6. The van der Waals surface area contributed by atoms with Crippen molar-refractivity contribution >= 4 is 23.1 Å². The Kier molecular flexibility index (Phi) is 5.38. The Hall–Kier alpha value is -3.25. The van der Waals surface area contributed by atoms with Gasteiger partial charge < -0.3 is 15.0 Å². The van der Waals surface area contributed by atoms with Crippen LogP contribution in [0.25, 0.3) is 11.1 Å². The Bertz CT molecular complexity index is 1080. The molecule has 6 nitrogen and oxygen atoms in total. The predicted octanol–water partition coefficient (Wildman–Crippen LogP) is 4.94. The SMILES string of the molecule is COC1CCC(C(=O)N2Cc3cccnc3Nc3ccc(-c4ccncc4)cc32)CC1. The van der Waals surface area contributed by atoms with Crippen molar-refractivity contribution in [3.63, 3.8) is 0 Å². The van der Waals surface area contributed by atoms with Crippen LogP contribution in [0.4, 0.5) is 17.2 Å². The van der Waals surface area contributed by atoms with Crippen LogP contribution in [0, 0.1) is 5.92 Å². The van der Waals surface area contributed by atoms with Gasteiger partial charge in [0.1, 0.15) is 5.82 Å². The molecular formula is C25H26N4O2. The molecule has 1 fully saturated rings. The van der Waals surface area contributed by atoms with E-state index in [-0.39, 0.29) is 17.9 Å². The molecule has 3 heterocycles. The Balaban J connectivity index is 1.54. The molecule has 2 aromatic heterocycles. The molecule has 0 spiro atoms. The van der Waals surface area contributed by atoms with Crippen molar-refractivity contribution in [3.05, 3.63) is 66.6 Å². The number of amides is 1. The highest BCUT2D eigenvalue weighted by molar-refractivity contribution is 6.00. The number of pyridine rings is 2. The predicted molar refractivity (Wildman–Crippen MR) is 121 cm³/mol. The topological polar surface area (TPSA) is 67.3 Å². The highest BCUT2D eigenvalue weighted by Gasteiger charge is 2.33. The first-order chi connectivity index (χ1) is 15.2. The lowest BCUT2D eigenvalue weighted by atomic mass is 9.86. The number of methoxy groups -OCH3 is 1. The van der Waals surface area contributed by atoms with Crippen LogP contribution in [0.3, 0.4) is 0 Å². The van der Waals surface area contributed by atoms with Crippen molar-refractivity contribution in [3.8, 4) is 11.1 Å². The van der Waals surface area contributed by atoms with Gasteiger partial charge in [0.2, 0.25) is 5.91 Å². The van der Waals surface area contributed by atoms with Gasteiger partial charge in [0.15, 0.2) is 0 Å². The number of ether oxygens (including phenoxy) is 1. The molecule has 0 bridgehead atoms. The number of carbonyl (C=O) groups excluding carboxylic acids is 1. The first-order valence-electron chi connectivity index (χ1n) is 10.8. The summed E-state index contributed by atoms with van der Waals surface area (Å²) in [4.78, 5) is 24.3. The van der Waals surface area contributed by atoms with E-state index >= 15 is 0 Å². The summed E-state index contributed by atoms with van der Waals surface area (Å²) in [7, 11) is 1.76. The zero-order valence-electron chi connectivity index (χ0n) is 17.6. The molecule has 3 aromatic rings. The van der Waals surface area contributed by atoms with Gasteiger partial charge in [-0.25, -0.2) is 4.98 Å². The highest BCUT2D eigenvalue weighted by atomic mass is 16.5. The molecule has 6 heteroatoms. The third kappa shape index (κ3) is 3.91. The lowest BCUT2D eigenvalue weighted by Gasteiger charge is -2.32. The number of carbonyl (C=O) groups is 1. The van der Waals surface area contributed by atoms with E-state index in [1.165, 1.54) is 0 Å². The number of rotatable bonds is 3. The average Bonchev–Trinajstić information content (AvgIpc) is 3.00. The number of nitrogens with one attached hydrogen (secondary N) is 1. The van der Waals surface area contributed by atoms with Crippen LogP contribution in [0.5, 0.6) is 0 Å². The van der Waals surface area contributed by atoms with Crippen LogP contribution in [0.2, 0.25) is 0 Å². The second-order valence-corrected chi connectivity index (χ2v) is 8.24. The Morgan fingerprint density at radius 2 is 1.84 bits per heavy atom. The second-order valence-electron chi connectivity index (χ2n) is 8.24. The Morgan fingerprint density at radius 1 is 1.03 bits per heavy atom. The molecule has 1 N–H and O–H groups in total. The summed E-state index contributed by atoms with van der Waals surface area (Å²) in [5.41, 5.74) is 4.94. The van der Waals surface area contributed by atoms with Crippen LogP contribution in [-0.2, 0) is 16.1 Å². The van der Waals surface area contributed by atoms with Gasteiger partial charge in [-0.2, -0.15) is 0 Å². The molecule has 0 atom stereocenters. The van der Waals surface area contributed by atoms with E-state index in [0.29, 0.717) is 6.54 Å². The van der Waals surface area contributed by atoms with Crippen LogP contribution in [0.15, 0.2) is 61.1 Å². The number of benzene rings is 1. The molecule has 0 unspecified atom stereocenters. The average molecular weight is 415 g/mol. The normalized spacial score (nSPS) is 20.2. The number of hydrogen-bond acceptors (Lipinski definition) is 5. The van der Waals surface area contributed by atoms with Crippen LogP contribution in [0.1, 0.15) is 31.2 Å². The summed E-state index contributed by atoms with van der Waals surface area (Å²) >= 11 is 0. The minimum atomic E-state index is 0.0158. The van der Waals surface area contributed by atoms with Gasteiger partial charge in [-0.1, -0.05) is 12.1 Å². The molecule has 31 heavy (non-hydrogen) atoms. The van der Waals surface area contributed by atoms with Crippen molar-refractivity contribution in [2.24, 2.45) is 5.92 Å². The molecule has 1 aromatic carbocycles. The zero-order chi connectivity index (χ0) is 21.2. The van der Waals surface area contributed by atoms with Crippen LogP contribution in [-0.4, -0.2) is 29.1 Å². The molecule has 5 rings (SSSR count). The molecule has 0 radical (unpaired) electrons. The molecule has 158 valence electrons. The summed E-state index contributed by atoms with van der Waals surface area (Å²) in [6.45, 7) is 0.506. The number of nitrogens with zero attached hydrogens (tertiary/aromatic N) is 3. The molecule has 1 amide bonds. The van der Waals surface area contributed by atoms with Gasteiger partial charge >= 0.3 is 0 Å². The molecular weight excluding hydrogens is 388 g/mol. The minimum Gasteiger partial charge on any atom is -0.381 e. The monoisotopic (exact) mass is 414 g/mol. The van der Waals surface area contributed by atoms with Crippen molar-refractivity contribution in [2.45, 2.75) is 38.3 Å². The van der Waals surface area contributed by atoms with Gasteiger partial charge in [0, 0.05) is 37.2 Å². The number of fused-ring (bicyclic) bond motifs is 2. The van der Waals surface area contributed by atoms with E-state index in [1.54, 1.807) is 25.7 Å². The smallest absolute Gasteiger partial charge is 0.230 e. The summed E-state index contributed by atoms with van der Waals surface area (Å²) in [6, 6.07) is 14.1. The van der Waals surface area contributed by atoms with Gasteiger partial charge in [-0.05, 0) is 67.1 Å². The van der Waals surface area contributed by atoms with Crippen molar-refractivity contribution in [1.29, 1.82) is 0 Å². The fourth-order valence-electron chi connectivity index (χ4n) is 4.61. The second kappa shape index (κ2) is 8.47. The highest BCUT2D eigenvalue weighted by Crippen LogP contribution is 2.39. The number of aromatic nitrogens is 2. The lowest BCUT2D eigenvalue weighted by Crippen LogP contribution is -2.38. The molecule has 1 saturated carbocycles. The van der Waals surface area contributed by atoms with E-state index in [1.807, 2.05) is 35.2 Å². The van der Waals surface area contributed by atoms with E-state index in [4.69, 9.17) is 4.74 Å². The molecule has 2 aliphatic rings. The van der Waals surface area contributed by atoms with Crippen LogP contribution >= 0.6 is 0 Å². The van der Waals surface area contributed by atoms with E-state index in [2.05, 4.69) is 27.4 Å². The summed E-state index contributed by atoms with van der Waals surface area (Å²) < 4.78 is 5.50. The third-order valence-corrected chi connectivity index (χ3v) is 6.40. The maximum Gasteiger partial charge on any atom is 0.230 e. The van der Waals surface area contributed by atoms with Gasteiger partial charge in [-0.15, -0.1) is 0 Å². The maximum atomic E-state index is 13.7. The largest absolute Gasteiger partial charge is 0.381 e. The third-order valence-electron chi connectivity index (χ3n) is 6.40. The molecule has 1 aliphatic carbocycles. The fourth-order valence-corrected chi connectivity index (χ4v) is 4.61. The maximum absolute atomic E-state index is 13.7.